The second-order valence-electron chi connectivity index (χ2n) is 6.30. The minimum Gasteiger partial charge on any atom is -0.297 e. The van der Waals surface area contributed by atoms with E-state index < -0.39 is 0 Å². The Morgan fingerprint density at radius 3 is 1.86 bits per heavy atom. The maximum absolute atomic E-state index is 5.93. The number of hydrogen-bond acceptors (Lipinski definition) is 3. The number of benzene rings is 1. The van der Waals surface area contributed by atoms with Crippen LogP contribution in [0.25, 0.3) is 0 Å². The molecule has 0 fully saturated rings. The highest BCUT2D eigenvalue weighted by atomic mass is 15.3. The molecule has 0 aliphatic rings. The lowest BCUT2D eigenvalue weighted by molar-refractivity contribution is 0.0698. The van der Waals surface area contributed by atoms with E-state index in [9.17, 15) is 0 Å². The monoisotopic (exact) mass is 291 g/mol. The molecule has 0 aromatic heterocycles. The molecule has 0 aliphatic heterocycles. The molecule has 0 amide bonds. The van der Waals surface area contributed by atoms with Crippen LogP contribution < -0.4 is 11.3 Å². The maximum Gasteiger partial charge on any atom is 0.0641 e. The van der Waals surface area contributed by atoms with E-state index in [2.05, 4.69) is 76.1 Å². The van der Waals surface area contributed by atoms with Crippen molar-refractivity contribution in [1.82, 2.24) is 10.3 Å². The van der Waals surface area contributed by atoms with E-state index in [4.69, 9.17) is 5.84 Å². The van der Waals surface area contributed by atoms with E-state index in [0.717, 1.165) is 19.5 Å². The molecular weight excluding hydrogens is 258 g/mol. The quantitative estimate of drug-likeness (QED) is 0.565. The van der Waals surface area contributed by atoms with Gasteiger partial charge in [-0.3, -0.25) is 16.2 Å². The summed E-state index contributed by atoms with van der Waals surface area (Å²) in [7, 11) is 0. The first kappa shape index (κ1) is 18.1. The third kappa shape index (κ3) is 3.85. The molecule has 3 N–H and O–H groups in total. The fourth-order valence-corrected chi connectivity index (χ4v) is 3.26. The Morgan fingerprint density at radius 1 is 1.05 bits per heavy atom. The summed E-state index contributed by atoms with van der Waals surface area (Å²) in [6, 6.07) is 9.02. The molecule has 3 heteroatoms. The number of nitrogens with zero attached hydrogens (tertiary/aromatic N) is 1. The number of rotatable bonds is 8. The van der Waals surface area contributed by atoms with Crippen LogP contribution in [-0.4, -0.2) is 23.5 Å². The van der Waals surface area contributed by atoms with Gasteiger partial charge in [0.25, 0.3) is 0 Å². The number of likely N-dealkylation sites (N-methyl/N-ethyl adjacent to an activating group) is 1. The average molecular weight is 291 g/mol. The van der Waals surface area contributed by atoms with Crippen LogP contribution in [0.5, 0.6) is 0 Å². The van der Waals surface area contributed by atoms with Gasteiger partial charge >= 0.3 is 0 Å². The lowest BCUT2D eigenvalue weighted by Gasteiger charge is -2.45. The molecular formula is C18H33N3. The van der Waals surface area contributed by atoms with Crippen LogP contribution in [0, 0.1) is 0 Å². The summed E-state index contributed by atoms with van der Waals surface area (Å²) in [5.41, 5.74) is 5.71. The summed E-state index contributed by atoms with van der Waals surface area (Å²) in [5, 5.41) is 0. The van der Waals surface area contributed by atoms with Crippen LogP contribution in [0.3, 0.4) is 0 Å². The van der Waals surface area contributed by atoms with Gasteiger partial charge in [0.15, 0.2) is 0 Å². The Kier molecular flexibility index (Phi) is 6.85. The number of nitrogens with two attached hydrogens (primary N) is 1. The molecule has 2 atom stereocenters. The van der Waals surface area contributed by atoms with Crippen LogP contribution in [-0.2, 0) is 0 Å². The largest absolute Gasteiger partial charge is 0.297 e. The van der Waals surface area contributed by atoms with Crippen LogP contribution in [0.2, 0.25) is 0 Å². The minimum absolute atomic E-state index is 0.0115. The van der Waals surface area contributed by atoms with E-state index in [1.807, 2.05) is 0 Å². The van der Waals surface area contributed by atoms with Crippen molar-refractivity contribution < 1.29 is 0 Å². The van der Waals surface area contributed by atoms with Gasteiger partial charge in [-0.2, -0.15) is 0 Å². The van der Waals surface area contributed by atoms with Crippen molar-refractivity contribution in [2.24, 2.45) is 5.84 Å². The van der Waals surface area contributed by atoms with Crippen LogP contribution in [0.1, 0.15) is 71.0 Å². The lowest BCUT2D eigenvalue weighted by atomic mass is 9.82. The van der Waals surface area contributed by atoms with Crippen LogP contribution in [0.15, 0.2) is 24.3 Å². The normalized spacial score (nSPS) is 16.2. The SMILES string of the molecule is CCN(CC)C(C)(CC)C(NN)c1ccc(C(C)C)cc1. The zero-order valence-corrected chi connectivity index (χ0v) is 14.6. The van der Waals surface area contributed by atoms with Gasteiger partial charge in [0.1, 0.15) is 0 Å². The lowest BCUT2D eigenvalue weighted by Crippen LogP contribution is -2.55. The molecule has 0 saturated carbocycles. The molecule has 3 nitrogen and oxygen atoms in total. The average Bonchev–Trinajstić information content (AvgIpc) is 2.49. The molecule has 0 heterocycles. The van der Waals surface area contributed by atoms with Gasteiger partial charge in [-0.25, -0.2) is 0 Å². The summed E-state index contributed by atoms with van der Waals surface area (Å²) < 4.78 is 0. The Hall–Kier alpha value is -0.900. The zero-order valence-electron chi connectivity index (χ0n) is 14.6. The summed E-state index contributed by atoms with van der Waals surface area (Å²) in [4.78, 5) is 2.49. The zero-order chi connectivity index (χ0) is 16.0. The van der Waals surface area contributed by atoms with Crippen molar-refractivity contribution in [2.45, 2.75) is 65.5 Å². The molecule has 1 rings (SSSR count). The molecule has 21 heavy (non-hydrogen) atoms. The number of nitrogens with one attached hydrogen (secondary N) is 1. The van der Waals surface area contributed by atoms with Gasteiger partial charge < -0.3 is 0 Å². The first-order valence-electron chi connectivity index (χ1n) is 8.25. The second kappa shape index (κ2) is 7.92. The maximum atomic E-state index is 5.93. The molecule has 0 spiro atoms. The standard InChI is InChI=1S/C18H33N3/c1-7-18(6,21(8-2)9-3)17(20-19)16-12-10-15(11-13-16)14(4)5/h10-14,17,20H,7-9,19H2,1-6H3. The predicted molar refractivity (Wildman–Crippen MR) is 92.2 cm³/mol. The first-order valence-corrected chi connectivity index (χ1v) is 8.25. The van der Waals surface area contributed by atoms with Gasteiger partial charge in [0.05, 0.1) is 6.04 Å². The minimum atomic E-state index is 0.0115. The van der Waals surface area contributed by atoms with Crippen molar-refractivity contribution in [2.75, 3.05) is 13.1 Å². The van der Waals surface area contributed by atoms with Gasteiger partial charge in [-0.15, -0.1) is 0 Å². The summed E-state index contributed by atoms with van der Waals surface area (Å²) >= 11 is 0. The van der Waals surface area contributed by atoms with E-state index in [1.165, 1.54) is 11.1 Å². The van der Waals surface area contributed by atoms with E-state index in [1.54, 1.807) is 0 Å². The molecule has 0 bridgehead atoms. The predicted octanol–water partition coefficient (Wildman–Crippen LogP) is 3.82. The van der Waals surface area contributed by atoms with Gasteiger partial charge in [-0.05, 0) is 43.5 Å². The molecule has 0 saturated heterocycles. The fraction of sp³-hybridized carbons (Fsp3) is 0.667. The fourth-order valence-electron chi connectivity index (χ4n) is 3.26. The molecule has 1 aromatic rings. The Labute approximate surface area is 130 Å². The summed E-state index contributed by atoms with van der Waals surface area (Å²) in [6.07, 6.45) is 1.05. The smallest absolute Gasteiger partial charge is 0.0641 e. The Bertz CT molecular complexity index is 409. The summed E-state index contributed by atoms with van der Waals surface area (Å²) in [6.45, 7) is 15.5. The highest BCUT2D eigenvalue weighted by Crippen LogP contribution is 2.34. The van der Waals surface area contributed by atoms with Crippen LogP contribution in [0.4, 0.5) is 0 Å². The Balaban J connectivity index is 3.14. The second-order valence-corrected chi connectivity index (χ2v) is 6.30. The Morgan fingerprint density at radius 2 is 1.52 bits per heavy atom. The highest BCUT2D eigenvalue weighted by molar-refractivity contribution is 5.29. The topological polar surface area (TPSA) is 41.3 Å². The van der Waals surface area contributed by atoms with E-state index >= 15 is 0 Å². The molecule has 1 aromatic carbocycles. The third-order valence-corrected chi connectivity index (χ3v) is 4.93. The van der Waals surface area contributed by atoms with Crippen LogP contribution >= 0.6 is 0 Å². The van der Waals surface area contributed by atoms with Gasteiger partial charge in [-0.1, -0.05) is 58.9 Å². The van der Waals surface area contributed by atoms with Crippen molar-refractivity contribution in [3.8, 4) is 0 Å². The van der Waals surface area contributed by atoms with E-state index in [0.29, 0.717) is 5.92 Å². The molecule has 0 aliphatic carbocycles. The number of hydrazine groups is 1. The molecule has 120 valence electrons. The van der Waals surface area contributed by atoms with Gasteiger partial charge in [0.2, 0.25) is 0 Å². The van der Waals surface area contributed by atoms with Crippen molar-refractivity contribution in [1.29, 1.82) is 0 Å². The third-order valence-electron chi connectivity index (χ3n) is 4.93. The van der Waals surface area contributed by atoms with E-state index in [-0.39, 0.29) is 11.6 Å². The van der Waals surface area contributed by atoms with Crippen molar-refractivity contribution in [3.63, 3.8) is 0 Å². The molecule has 0 radical (unpaired) electrons. The molecule has 2 unspecified atom stereocenters. The first-order chi connectivity index (χ1) is 9.94. The van der Waals surface area contributed by atoms with Gasteiger partial charge in [0, 0.05) is 5.54 Å². The van der Waals surface area contributed by atoms with Crippen molar-refractivity contribution >= 4 is 0 Å². The number of hydrogen-bond donors (Lipinski definition) is 2. The highest BCUT2D eigenvalue weighted by Gasteiger charge is 2.37. The summed E-state index contributed by atoms with van der Waals surface area (Å²) in [5.74, 6) is 6.49. The van der Waals surface area contributed by atoms with Crippen molar-refractivity contribution in [3.05, 3.63) is 35.4 Å².